The number of anilines is 1. The van der Waals surface area contributed by atoms with Crippen molar-refractivity contribution in [1.82, 2.24) is 9.71 Å². The highest BCUT2D eigenvalue weighted by Gasteiger charge is 2.23. The van der Waals surface area contributed by atoms with Crippen molar-refractivity contribution in [2.75, 3.05) is 12.4 Å². The van der Waals surface area contributed by atoms with Gasteiger partial charge in [0.15, 0.2) is 10.9 Å². The summed E-state index contributed by atoms with van der Waals surface area (Å²) in [5, 5.41) is 4.34. The van der Waals surface area contributed by atoms with Gasteiger partial charge in [0.2, 0.25) is 10.0 Å². The van der Waals surface area contributed by atoms with Crippen LogP contribution >= 0.6 is 11.3 Å². The number of hydrogen-bond donors (Lipinski definition) is 2. The molecule has 0 fully saturated rings. The van der Waals surface area contributed by atoms with E-state index in [0.717, 1.165) is 11.3 Å². The van der Waals surface area contributed by atoms with Gasteiger partial charge in [-0.05, 0) is 32.0 Å². The van der Waals surface area contributed by atoms with Crippen molar-refractivity contribution in [3.63, 3.8) is 0 Å². The molecule has 0 unspecified atom stereocenters. The summed E-state index contributed by atoms with van der Waals surface area (Å²) in [4.78, 5) is 27.5. The fourth-order valence-corrected chi connectivity index (χ4v) is 4.25. The van der Waals surface area contributed by atoms with Gasteiger partial charge in [-0.1, -0.05) is 0 Å². The fourth-order valence-electron chi connectivity index (χ4n) is 2.06. The van der Waals surface area contributed by atoms with Crippen molar-refractivity contribution in [2.45, 2.75) is 31.7 Å². The summed E-state index contributed by atoms with van der Waals surface area (Å²) in [6.07, 6.45) is 0. The Balaban J connectivity index is 2.33. The van der Waals surface area contributed by atoms with Gasteiger partial charge < -0.3 is 4.74 Å². The highest BCUT2D eigenvalue weighted by molar-refractivity contribution is 7.89. The molecule has 0 aliphatic carbocycles. The van der Waals surface area contributed by atoms with Crippen LogP contribution in [-0.4, -0.2) is 38.2 Å². The van der Waals surface area contributed by atoms with E-state index in [-0.39, 0.29) is 38.9 Å². The summed E-state index contributed by atoms with van der Waals surface area (Å²) in [6.45, 7) is 4.76. The van der Waals surface area contributed by atoms with E-state index in [4.69, 9.17) is 4.74 Å². The standard InChI is InChI=1S/C16H19N3O5S2/c1-9(2)19-26(22,23)14-7-11(5-6-13(14)24-4)15(21)18-16-17-12(8-25-16)10(3)20/h5-9,19H,1-4H3,(H,17,18,21). The number of carbonyl (C=O) groups excluding carboxylic acids is 2. The fraction of sp³-hybridized carbons (Fsp3) is 0.312. The summed E-state index contributed by atoms with van der Waals surface area (Å²) >= 11 is 1.11. The van der Waals surface area contributed by atoms with E-state index < -0.39 is 15.9 Å². The van der Waals surface area contributed by atoms with Crippen LogP contribution in [0.3, 0.4) is 0 Å². The molecule has 0 aliphatic rings. The minimum Gasteiger partial charge on any atom is -0.495 e. The van der Waals surface area contributed by atoms with Gasteiger partial charge in [-0.2, -0.15) is 0 Å². The lowest BCUT2D eigenvalue weighted by Gasteiger charge is -2.14. The number of benzene rings is 1. The Hall–Kier alpha value is -2.30. The average Bonchev–Trinajstić information content (AvgIpc) is 3.01. The molecule has 0 saturated heterocycles. The van der Waals surface area contributed by atoms with Crippen LogP contribution < -0.4 is 14.8 Å². The van der Waals surface area contributed by atoms with Gasteiger partial charge in [0.1, 0.15) is 16.3 Å². The molecule has 2 N–H and O–H groups in total. The van der Waals surface area contributed by atoms with E-state index in [2.05, 4.69) is 15.0 Å². The van der Waals surface area contributed by atoms with Gasteiger partial charge in [0, 0.05) is 23.9 Å². The van der Waals surface area contributed by atoms with E-state index in [1.54, 1.807) is 13.8 Å². The third kappa shape index (κ3) is 4.65. The van der Waals surface area contributed by atoms with E-state index in [1.807, 2.05) is 0 Å². The molecule has 140 valence electrons. The Morgan fingerprint density at radius 2 is 1.96 bits per heavy atom. The Kier molecular flexibility index (Phi) is 6.11. The van der Waals surface area contributed by atoms with Gasteiger partial charge in [-0.15, -0.1) is 11.3 Å². The number of nitrogens with one attached hydrogen (secondary N) is 2. The molecule has 0 saturated carbocycles. The molecule has 0 spiro atoms. The summed E-state index contributed by atoms with van der Waals surface area (Å²) < 4.78 is 32.5. The molecule has 1 aromatic heterocycles. The van der Waals surface area contributed by atoms with Gasteiger partial charge >= 0.3 is 0 Å². The zero-order chi connectivity index (χ0) is 19.5. The van der Waals surface area contributed by atoms with Crippen LogP contribution in [0.4, 0.5) is 5.13 Å². The first-order chi connectivity index (χ1) is 12.1. The zero-order valence-electron chi connectivity index (χ0n) is 14.7. The minimum absolute atomic E-state index is 0.120. The minimum atomic E-state index is -3.85. The number of ketones is 1. The first-order valence-corrected chi connectivity index (χ1v) is 9.98. The lowest BCUT2D eigenvalue weighted by Crippen LogP contribution is -2.30. The number of carbonyl (C=O) groups is 2. The number of ether oxygens (including phenoxy) is 1. The lowest BCUT2D eigenvalue weighted by molar-refractivity contribution is 0.100. The van der Waals surface area contributed by atoms with Gasteiger partial charge in [-0.3, -0.25) is 14.9 Å². The van der Waals surface area contributed by atoms with Crippen molar-refractivity contribution in [2.24, 2.45) is 0 Å². The van der Waals surface area contributed by atoms with Crippen molar-refractivity contribution >= 4 is 38.2 Å². The first kappa shape index (κ1) is 20.0. The molecular formula is C16H19N3O5S2. The van der Waals surface area contributed by atoms with Crippen molar-refractivity contribution < 1.29 is 22.7 Å². The number of amides is 1. The van der Waals surface area contributed by atoms with E-state index in [9.17, 15) is 18.0 Å². The van der Waals surface area contributed by atoms with Crippen LogP contribution in [0.2, 0.25) is 0 Å². The third-order valence-electron chi connectivity index (χ3n) is 3.19. The molecule has 0 aliphatic heterocycles. The molecule has 10 heteroatoms. The molecular weight excluding hydrogens is 378 g/mol. The molecule has 2 aromatic rings. The molecule has 1 amide bonds. The van der Waals surface area contributed by atoms with Crippen molar-refractivity contribution in [1.29, 1.82) is 0 Å². The number of methoxy groups -OCH3 is 1. The smallest absolute Gasteiger partial charge is 0.257 e. The first-order valence-electron chi connectivity index (χ1n) is 7.62. The van der Waals surface area contributed by atoms with Gasteiger partial charge in [-0.25, -0.2) is 18.1 Å². The topological polar surface area (TPSA) is 114 Å². The Bertz CT molecular complexity index is 935. The zero-order valence-corrected chi connectivity index (χ0v) is 16.3. The third-order valence-corrected chi connectivity index (χ3v) is 5.63. The number of rotatable bonds is 7. The number of aromatic nitrogens is 1. The molecule has 0 bridgehead atoms. The number of Topliss-reactive ketones (excluding diaryl/α,β-unsaturated/α-hetero) is 1. The lowest BCUT2D eigenvalue weighted by atomic mass is 10.2. The quantitative estimate of drug-likeness (QED) is 0.693. The molecule has 1 heterocycles. The second kappa shape index (κ2) is 7.94. The molecule has 2 rings (SSSR count). The molecule has 26 heavy (non-hydrogen) atoms. The van der Waals surface area contributed by atoms with Crippen LogP contribution in [-0.2, 0) is 10.0 Å². The van der Waals surface area contributed by atoms with Crippen molar-refractivity contribution in [3.8, 4) is 5.75 Å². The second-order valence-corrected chi connectivity index (χ2v) is 8.23. The predicted molar refractivity (Wildman–Crippen MR) is 98.5 cm³/mol. The molecule has 1 aromatic carbocycles. The van der Waals surface area contributed by atoms with Crippen LogP contribution in [0.5, 0.6) is 5.75 Å². The average molecular weight is 397 g/mol. The van der Waals surface area contributed by atoms with Crippen LogP contribution in [0.25, 0.3) is 0 Å². The highest BCUT2D eigenvalue weighted by atomic mass is 32.2. The van der Waals surface area contributed by atoms with E-state index >= 15 is 0 Å². The van der Waals surface area contributed by atoms with E-state index in [0.29, 0.717) is 0 Å². The SMILES string of the molecule is COc1ccc(C(=O)Nc2nc(C(C)=O)cs2)cc1S(=O)(=O)NC(C)C. The predicted octanol–water partition coefficient (Wildman–Crippen LogP) is 2.29. The number of hydrogen-bond acceptors (Lipinski definition) is 7. The number of sulfonamides is 1. The normalized spacial score (nSPS) is 11.4. The summed E-state index contributed by atoms with van der Waals surface area (Å²) in [7, 11) is -2.50. The highest BCUT2D eigenvalue weighted by Crippen LogP contribution is 2.26. The maximum Gasteiger partial charge on any atom is 0.257 e. The van der Waals surface area contributed by atoms with Crippen LogP contribution in [0, 0.1) is 0 Å². The van der Waals surface area contributed by atoms with Crippen molar-refractivity contribution in [3.05, 3.63) is 34.8 Å². The van der Waals surface area contributed by atoms with E-state index in [1.165, 1.54) is 37.6 Å². The Labute approximate surface area is 155 Å². The molecule has 8 nitrogen and oxygen atoms in total. The largest absolute Gasteiger partial charge is 0.495 e. The monoisotopic (exact) mass is 397 g/mol. The molecule has 0 atom stereocenters. The molecule has 0 radical (unpaired) electrons. The van der Waals surface area contributed by atoms with Crippen LogP contribution in [0.1, 0.15) is 41.6 Å². The summed E-state index contributed by atoms with van der Waals surface area (Å²) in [5.74, 6) is -0.625. The van der Waals surface area contributed by atoms with Gasteiger partial charge in [0.05, 0.1) is 7.11 Å². The number of thiazole rings is 1. The maximum atomic E-state index is 12.5. The van der Waals surface area contributed by atoms with Gasteiger partial charge in [0.25, 0.3) is 5.91 Å². The maximum absolute atomic E-state index is 12.5. The number of nitrogens with zero attached hydrogens (tertiary/aromatic N) is 1. The summed E-state index contributed by atoms with van der Waals surface area (Å²) in [5.41, 5.74) is 0.374. The Morgan fingerprint density at radius 3 is 2.50 bits per heavy atom. The summed E-state index contributed by atoms with van der Waals surface area (Å²) in [6, 6.07) is 3.77. The second-order valence-electron chi connectivity index (χ2n) is 5.69. The Morgan fingerprint density at radius 1 is 1.27 bits per heavy atom. The van der Waals surface area contributed by atoms with Crippen LogP contribution in [0.15, 0.2) is 28.5 Å².